The first-order valence-corrected chi connectivity index (χ1v) is 5.13. The number of alkyl halides is 6. The Hall–Kier alpha value is -1.29. The molecule has 10 heteroatoms. The van der Waals surface area contributed by atoms with E-state index in [1.807, 2.05) is 0 Å². The van der Waals surface area contributed by atoms with Crippen LogP contribution in [0, 0.1) is 0 Å². The van der Waals surface area contributed by atoms with Crippen LogP contribution in [0.15, 0.2) is 18.2 Å². The summed E-state index contributed by atoms with van der Waals surface area (Å²) in [5.41, 5.74) is -3.56. The smallest absolute Gasteiger partial charge is 0.379 e. The van der Waals surface area contributed by atoms with Crippen molar-refractivity contribution >= 4 is 11.4 Å². The molecule has 0 amide bonds. The van der Waals surface area contributed by atoms with Crippen molar-refractivity contribution in [2.24, 2.45) is 0 Å². The van der Waals surface area contributed by atoms with Gasteiger partial charge in [-0.25, -0.2) is 0 Å². The minimum Gasteiger partial charge on any atom is -0.379 e. The molecule has 0 radical (unpaired) electrons. The van der Waals surface area contributed by atoms with Gasteiger partial charge in [0.15, 0.2) is 5.75 Å². The third-order valence-corrected chi connectivity index (χ3v) is 2.09. The number of para-hydroxylation sites is 1. The van der Waals surface area contributed by atoms with Gasteiger partial charge in [-0.15, -0.1) is 0 Å². The minimum absolute atomic E-state index is 0.317. The molecular weight excluding hydrogens is 290 g/mol. The molecule has 0 aliphatic carbocycles. The molecule has 102 valence electrons. The van der Waals surface area contributed by atoms with E-state index in [4.69, 9.17) is 4.55 Å². The lowest BCUT2D eigenvalue weighted by Crippen LogP contribution is -2.15. The summed E-state index contributed by atoms with van der Waals surface area (Å²) in [6, 6.07) is 1.16. The van der Waals surface area contributed by atoms with E-state index in [0.29, 0.717) is 18.2 Å². The van der Waals surface area contributed by atoms with Gasteiger partial charge in [-0.1, -0.05) is 6.07 Å². The molecule has 0 fully saturated rings. The number of hydrogen-bond acceptors (Lipinski definition) is 2. The molecule has 1 unspecified atom stereocenters. The van der Waals surface area contributed by atoms with Gasteiger partial charge in [0, 0.05) is 0 Å². The van der Waals surface area contributed by atoms with Crippen molar-refractivity contribution in [2.75, 3.05) is 0 Å². The highest BCUT2D eigenvalue weighted by atomic mass is 32.2. The van der Waals surface area contributed by atoms with Crippen molar-refractivity contribution in [1.29, 1.82) is 0 Å². The van der Waals surface area contributed by atoms with Crippen LogP contribution in [0.3, 0.4) is 0 Å². The summed E-state index contributed by atoms with van der Waals surface area (Å²) in [4.78, 5) is 0. The predicted molar refractivity (Wildman–Crippen MR) is 47.8 cm³/mol. The highest BCUT2D eigenvalue weighted by Crippen LogP contribution is 2.44. The molecule has 0 heterocycles. The molecule has 1 rings (SSSR count). The molecule has 0 aliphatic heterocycles. The van der Waals surface area contributed by atoms with Crippen LogP contribution in [0.5, 0.6) is 5.75 Å². The number of hydrogen-bond donors (Lipinski definition) is 1. The summed E-state index contributed by atoms with van der Waals surface area (Å²) >= 11 is -3.31. The molecular formula is C8H4F6O3S. The van der Waals surface area contributed by atoms with Crippen molar-refractivity contribution in [1.82, 2.24) is 0 Å². The van der Waals surface area contributed by atoms with Gasteiger partial charge in [0.1, 0.15) is 0 Å². The first kappa shape index (κ1) is 14.8. The lowest BCUT2D eigenvalue weighted by Gasteiger charge is -2.16. The fourth-order valence-electron chi connectivity index (χ4n) is 1.14. The van der Waals surface area contributed by atoms with Crippen molar-refractivity contribution in [3.05, 3.63) is 29.3 Å². The Labute approximate surface area is 98.9 Å². The summed E-state index contributed by atoms with van der Waals surface area (Å²) in [6.45, 7) is 0. The molecule has 3 nitrogen and oxygen atoms in total. The fraction of sp³-hybridized carbons (Fsp3) is 0.250. The molecule has 0 saturated carbocycles. The van der Waals surface area contributed by atoms with Gasteiger partial charge < -0.3 is 4.18 Å². The van der Waals surface area contributed by atoms with Gasteiger partial charge in [-0.05, 0) is 12.1 Å². The Balaban J connectivity index is 3.50. The van der Waals surface area contributed by atoms with E-state index in [2.05, 4.69) is 4.18 Å². The van der Waals surface area contributed by atoms with Crippen LogP contribution >= 0.6 is 0 Å². The maximum absolute atomic E-state index is 12.4. The zero-order chi connectivity index (χ0) is 14.1. The average Bonchev–Trinajstić information content (AvgIpc) is 2.13. The Morgan fingerprint density at radius 1 is 1.00 bits per heavy atom. The molecule has 1 atom stereocenters. The zero-order valence-corrected chi connectivity index (χ0v) is 8.99. The third-order valence-electron chi connectivity index (χ3n) is 1.78. The monoisotopic (exact) mass is 294 g/mol. The Kier molecular flexibility index (Phi) is 3.91. The molecule has 0 aromatic heterocycles. The minimum atomic E-state index is -5.14. The zero-order valence-electron chi connectivity index (χ0n) is 8.17. The largest absolute Gasteiger partial charge is 0.420 e. The molecule has 1 aromatic carbocycles. The first-order chi connectivity index (χ1) is 8.03. The van der Waals surface area contributed by atoms with E-state index < -0.39 is 40.6 Å². The van der Waals surface area contributed by atoms with Crippen molar-refractivity contribution < 1.29 is 39.3 Å². The Morgan fingerprint density at radius 2 is 1.39 bits per heavy atom. The van der Waals surface area contributed by atoms with Crippen molar-refractivity contribution in [3.8, 4) is 5.75 Å². The Morgan fingerprint density at radius 3 is 1.67 bits per heavy atom. The molecule has 0 spiro atoms. The summed E-state index contributed by atoms with van der Waals surface area (Å²) in [7, 11) is 0. The molecule has 0 saturated heterocycles. The normalized spacial score (nSPS) is 14.4. The summed E-state index contributed by atoms with van der Waals surface area (Å²) in [5.74, 6) is -1.72. The second-order valence-electron chi connectivity index (χ2n) is 2.98. The van der Waals surface area contributed by atoms with Crippen LogP contribution in [0.2, 0.25) is 0 Å². The van der Waals surface area contributed by atoms with E-state index in [1.54, 1.807) is 0 Å². The number of halogens is 6. The topological polar surface area (TPSA) is 46.5 Å². The standard InChI is InChI=1S/C8H4F6O3S/c9-7(10,11)4-2-1-3-5(8(12,13)14)6(4)17-18(15)16/h1-3H,(H,15,16). The number of benzene rings is 1. The predicted octanol–water partition coefficient (Wildman–Crippen LogP) is 3.24. The first-order valence-electron chi connectivity index (χ1n) is 4.10. The SMILES string of the molecule is O=S(O)Oc1c(C(F)(F)F)cccc1C(F)(F)F. The van der Waals surface area contributed by atoms with Gasteiger partial charge in [0.05, 0.1) is 11.1 Å². The van der Waals surface area contributed by atoms with E-state index in [9.17, 15) is 30.6 Å². The van der Waals surface area contributed by atoms with E-state index in [-0.39, 0.29) is 0 Å². The summed E-state index contributed by atoms with van der Waals surface area (Å²) < 4.78 is 96.9. The van der Waals surface area contributed by atoms with Gasteiger partial charge in [-0.3, -0.25) is 4.55 Å². The fourth-order valence-corrected chi connectivity index (χ4v) is 1.47. The van der Waals surface area contributed by atoms with E-state index >= 15 is 0 Å². The van der Waals surface area contributed by atoms with Gasteiger partial charge >= 0.3 is 23.7 Å². The lowest BCUT2D eigenvalue weighted by molar-refractivity contribution is -0.144. The summed E-state index contributed by atoms with van der Waals surface area (Å²) in [6.07, 6.45) is -10.3. The van der Waals surface area contributed by atoms with Crippen molar-refractivity contribution in [2.45, 2.75) is 12.4 Å². The van der Waals surface area contributed by atoms with Crippen LogP contribution in [-0.2, 0) is 23.7 Å². The molecule has 0 aliphatic rings. The van der Waals surface area contributed by atoms with Crippen LogP contribution in [-0.4, -0.2) is 8.76 Å². The number of rotatable bonds is 2. The quantitative estimate of drug-likeness (QED) is 0.673. The summed E-state index contributed by atoms with van der Waals surface area (Å²) in [5, 5.41) is 0. The van der Waals surface area contributed by atoms with Crippen LogP contribution in [0.1, 0.15) is 11.1 Å². The van der Waals surface area contributed by atoms with Gasteiger partial charge in [-0.2, -0.15) is 30.6 Å². The van der Waals surface area contributed by atoms with Crippen LogP contribution in [0.25, 0.3) is 0 Å². The van der Waals surface area contributed by atoms with Crippen LogP contribution < -0.4 is 4.18 Å². The van der Waals surface area contributed by atoms with E-state index in [0.717, 1.165) is 0 Å². The second-order valence-corrected chi connectivity index (χ2v) is 3.58. The maximum Gasteiger partial charge on any atom is 0.420 e. The average molecular weight is 294 g/mol. The highest BCUT2D eigenvalue weighted by molar-refractivity contribution is 7.74. The third kappa shape index (κ3) is 3.35. The maximum atomic E-state index is 12.4. The lowest BCUT2D eigenvalue weighted by atomic mass is 10.1. The van der Waals surface area contributed by atoms with Gasteiger partial charge in [0.25, 0.3) is 0 Å². The molecule has 18 heavy (non-hydrogen) atoms. The van der Waals surface area contributed by atoms with Crippen LogP contribution in [0.4, 0.5) is 26.3 Å². The Bertz CT molecular complexity index is 435. The highest BCUT2D eigenvalue weighted by Gasteiger charge is 2.42. The second kappa shape index (κ2) is 4.76. The molecule has 1 aromatic rings. The van der Waals surface area contributed by atoms with Gasteiger partial charge in [0.2, 0.25) is 0 Å². The van der Waals surface area contributed by atoms with E-state index in [1.165, 1.54) is 0 Å². The van der Waals surface area contributed by atoms with Crippen molar-refractivity contribution in [3.63, 3.8) is 0 Å². The molecule has 1 N–H and O–H groups in total. The molecule has 0 bridgehead atoms.